The maximum absolute atomic E-state index is 12.9. The Labute approximate surface area is 315 Å². The van der Waals surface area contributed by atoms with E-state index in [2.05, 4.69) is 25.2 Å². The van der Waals surface area contributed by atoms with Crippen LogP contribution in [0.1, 0.15) is 120 Å². The number of rotatable bonds is 17. The van der Waals surface area contributed by atoms with Crippen molar-refractivity contribution in [3.63, 3.8) is 0 Å². The maximum atomic E-state index is 12.9. The molecule has 0 bridgehead atoms. The van der Waals surface area contributed by atoms with Gasteiger partial charge in [-0.05, 0) is 69.8 Å². The van der Waals surface area contributed by atoms with Gasteiger partial charge in [-0.2, -0.15) is 0 Å². The Morgan fingerprint density at radius 3 is 2.42 bits per heavy atom. The van der Waals surface area contributed by atoms with Gasteiger partial charge in [0.1, 0.15) is 5.72 Å². The van der Waals surface area contributed by atoms with Crippen LogP contribution in [0.4, 0.5) is 0 Å². The molecule has 0 aromatic carbocycles. The number of hydrogen-bond acceptors (Lipinski definition) is 8. The van der Waals surface area contributed by atoms with Gasteiger partial charge < -0.3 is 40.0 Å². The average Bonchev–Trinajstić information content (AvgIpc) is 3.13. The lowest BCUT2D eigenvalue weighted by atomic mass is 9.69. The highest BCUT2D eigenvalue weighted by atomic mass is 16.7. The molecule has 3 fully saturated rings. The number of aliphatic hydroxyl groups is 4. The predicted molar refractivity (Wildman–Crippen MR) is 207 cm³/mol. The molecule has 3 aliphatic heterocycles. The summed E-state index contributed by atoms with van der Waals surface area (Å²) >= 11 is 0. The molecule has 1 spiro atoms. The van der Waals surface area contributed by atoms with E-state index < -0.39 is 35.9 Å². The highest BCUT2D eigenvalue weighted by molar-refractivity contribution is 5.80. The zero-order chi connectivity index (χ0) is 38.8. The van der Waals surface area contributed by atoms with Crippen LogP contribution >= 0.6 is 0 Å². The number of aliphatic hydroxyl groups excluding tert-OH is 4. The monoisotopic (exact) mass is 732 g/mol. The Morgan fingerprint density at radius 1 is 1.06 bits per heavy atom. The molecule has 0 aromatic rings. The van der Waals surface area contributed by atoms with Crippen LogP contribution in [0.2, 0.25) is 0 Å². The minimum Gasteiger partial charge on any atom is -0.393 e. The quantitative estimate of drug-likeness (QED) is 0.101. The van der Waals surface area contributed by atoms with Crippen LogP contribution < -0.4 is 5.32 Å². The maximum Gasteiger partial charge on any atom is 0.225 e. The second-order valence-corrected chi connectivity index (χ2v) is 16.6. The van der Waals surface area contributed by atoms with E-state index in [0.717, 1.165) is 50.5 Å². The molecule has 298 valence electrons. The van der Waals surface area contributed by atoms with Gasteiger partial charge in [-0.3, -0.25) is 4.79 Å². The summed E-state index contributed by atoms with van der Waals surface area (Å²) in [5.74, 6) is -0.719. The number of amides is 1. The Morgan fingerprint density at radius 2 is 1.77 bits per heavy atom. The van der Waals surface area contributed by atoms with E-state index in [1.165, 1.54) is 0 Å². The van der Waals surface area contributed by atoms with Crippen molar-refractivity contribution in [1.29, 1.82) is 0 Å². The van der Waals surface area contributed by atoms with E-state index in [1.54, 1.807) is 13.2 Å². The SMILES string of the molecule is CCC1CC(C)C2(NC1=O)OC(CC(O)C(C)CC/C=C/C=C(\C)C(O)C/C=C/C=C/C(O)C(C)C1OC(C)(OC)CCC1CC)C(C)C(O)C2C. The predicted octanol–water partition coefficient (Wildman–Crippen LogP) is 6.99. The van der Waals surface area contributed by atoms with Crippen molar-refractivity contribution in [3.05, 3.63) is 48.1 Å². The lowest BCUT2D eigenvalue weighted by molar-refractivity contribution is -0.283. The van der Waals surface area contributed by atoms with Crippen LogP contribution in [0.25, 0.3) is 0 Å². The van der Waals surface area contributed by atoms with Gasteiger partial charge in [0.15, 0.2) is 5.79 Å². The molecule has 3 aliphatic rings. The van der Waals surface area contributed by atoms with Gasteiger partial charge in [-0.25, -0.2) is 0 Å². The molecule has 3 heterocycles. The number of piperidine rings is 1. The lowest BCUT2D eigenvalue weighted by Crippen LogP contribution is -2.71. The third-order valence-electron chi connectivity index (χ3n) is 12.9. The number of ether oxygens (including phenoxy) is 3. The van der Waals surface area contributed by atoms with Gasteiger partial charge in [0, 0.05) is 49.5 Å². The van der Waals surface area contributed by atoms with Crippen LogP contribution in [0, 0.1) is 41.4 Å². The first-order valence-electron chi connectivity index (χ1n) is 20.2. The Kier molecular flexibility index (Phi) is 17.3. The summed E-state index contributed by atoms with van der Waals surface area (Å²) in [6.45, 7) is 18.1. The number of hydrogen-bond donors (Lipinski definition) is 5. The summed E-state index contributed by atoms with van der Waals surface area (Å²) in [6.07, 6.45) is 17.1. The molecule has 9 heteroatoms. The second kappa shape index (κ2) is 20.2. The van der Waals surface area contributed by atoms with Crippen molar-refractivity contribution in [3.8, 4) is 0 Å². The number of nitrogens with one attached hydrogen (secondary N) is 1. The first kappa shape index (κ1) is 44.5. The van der Waals surface area contributed by atoms with Crippen molar-refractivity contribution < 1.29 is 39.4 Å². The molecule has 0 saturated carbocycles. The van der Waals surface area contributed by atoms with Crippen molar-refractivity contribution in [2.24, 2.45) is 41.4 Å². The summed E-state index contributed by atoms with van der Waals surface area (Å²) in [7, 11) is 1.67. The van der Waals surface area contributed by atoms with Gasteiger partial charge in [-0.1, -0.05) is 97.4 Å². The molecule has 1 amide bonds. The number of carbonyl (C=O) groups excluding carboxylic acids is 1. The minimum atomic E-state index is -0.927. The Bertz CT molecular complexity index is 1230. The summed E-state index contributed by atoms with van der Waals surface area (Å²) < 4.78 is 18.6. The van der Waals surface area contributed by atoms with Crippen molar-refractivity contribution >= 4 is 5.91 Å². The molecule has 15 atom stereocenters. The molecule has 9 nitrogen and oxygen atoms in total. The topological polar surface area (TPSA) is 138 Å². The van der Waals surface area contributed by atoms with E-state index in [4.69, 9.17) is 14.2 Å². The highest BCUT2D eigenvalue weighted by Crippen LogP contribution is 2.46. The molecule has 5 N–H and O–H groups in total. The fourth-order valence-electron chi connectivity index (χ4n) is 8.49. The Balaban J connectivity index is 1.43. The standard InChI is InChI=1S/C43H73NO8/c1-11-33-23-24-42(9,50-10)52-40(33)30(6)36(46)22-18-14-17-21-35(45)27(3)19-15-13-16-20-28(4)37(47)26-38-31(7)39(48)32(8)43(51-38)29(5)25-34(12-2)41(49)44-43/h13-15,17-19,22,28-40,45-48H,11-12,16,20-21,23-26H2,1-10H3,(H,44,49)/b15-13+,17-14+,22-18+,27-19+. The molecule has 3 saturated heterocycles. The van der Waals surface area contributed by atoms with Gasteiger partial charge in [-0.15, -0.1) is 0 Å². The molecule has 0 radical (unpaired) electrons. The molecular formula is C43H73NO8. The first-order valence-corrected chi connectivity index (χ1v) is 20.2. The molecule has 15 unspecified atom stereocenters. The van der Waals surface area contributed by atoms with Gasteiger partial charge in [0.25, 0.3) is 0 Å². The summed E-state index contributed by atoms with van der Waals surface area (Å²) in [6, 6.07) is 0. The van der Waals surface area contributed by atoms with Crippen LogP contribution in [-0.4, -0.2) is 81.6 Å². The van der Waals surface area contributed by atoms with Gasteiger partial charge >= 0.3 is 0 Å². The number of carbonyl (C=O) groups is 1. The third-order valence-corrected chi connectivity index (χ3v) is 12.9. The van der Waals surface area contributed by atoms with Crippen molar-refractivity contribution in [2.45, 2.75) is 168 Å². The van der Waals surface area contributed by atoms with Crippen LogP contribution in [0.15, 0.2) is 48.1 Å². The number of allylic oxidation sites excluding steroid dienone is 5. The Hall–Kier alpha value is -1.85. The van der Waals surface area contributed by atoms with Crippen molar-refractivity contribution in [2.75, 3.05) is 7.11 Å². The van der Waals surface area contributed by atoms with E-state index in [0.29, 0.717) is 18.8 Å². The largest absolute Gasteiger partial charge is 0.393 e. The normalized spacial score (nSPS) is 37.8. The third kappa shape index (κ3) is 11.1. The zero-order valence-electron chi connectivity index (χ0n) is 33.8. The first-order chi connectivity index (χ1) is 24.5. The van der Waals surface area contributed by atoms with Gasteiger partial charge in [0.2, 0.25) is 5.91 Å². The van der Waals surface area contributed by atoms with E-state index in [9.17, 15) is 25.2 Å². The number of methoxy groups -OCH3 is 1. The smallest absolute Gasteiger partial charge is 0.225 e. The van der Waals surface area contributed by atoms with E-state index >= 15 is 0 Å². The van der Waals surface area contributed by atoms with Crippen LogP contribution in [0.5, 0.6) is 0 Å². The molecule has 0 aliphatic carbocycles. The molecule has 0 aromatic heterocycles. The minimum absolute atomic E-state index is 0.0115. The average molecular weight is 732 g/mol. The van der Waals surface area contributed by atoms with Crippen LogP contribution in [-0.2, 0) is 19.0 Å². The summed E-state index contributed by atoms with van der Waals surface area (Å²) in [5, 5.41) is 47.1. The van der Waals surface area contributed by atoms with Crippen LogP contribution in [0.3, 0.4) is 0 Å². The van der Waals surface area contributed by atoms with Gasteiger partial charge in [0.05, 0.1) is 36.6 Å². The molecule has 3 rings (SSSR count). The summed E-state index contributed by atoms with van der Waals surface area (Å²) in [5.41, 5.74) is -0.0726. The second-order valence-electron chi connectivity index (χ2n) is 16.6. The lowest BCUT2D eigenvalue weighted by Gasteiger charge is -2.56. The fraction of sp³-hybridized carbons (Fsp3) is 0.791. The molecule has 52 heavy (non-hydrogen) atoms. The van der Waals surface area contributed by atoms with E-state index in [-0.39, 0.29) is 53.6 Å². The molecular weight excluding hydrogens is 658 g/mol. The fourth-order valence-corrected chi connectivity index (χ4v) is 8.49. The highest BCUT2D eigenvalue weighted by Gasteiger charge is 2.57. The summed E-state index contributed by atoms with van der Waals surface area (Å²) in [4.78, 5) is 12.9. The zero-order valence-corrected chi connectivity index (χ0v) is 33.8. The van der Waals surface area contributed by atoms with E-state index in [1.807, 2.05) is 78.8 Å². The van der Waals surface area contributed by atoms with Crippen molar-refractivity contribution in [1.82, 2.24) is 5.32 Å².